The van der Waals surface area contributed by atoms with Gasteiger partial charge in [-0.15, -0.1) is 0 Å². The first-order valence-electron chi connectivity index (χ1n) is 21.3. The molecule has 0 spiro atoms. The Hall–Kier alpha value is -5.16. The van der Waals surface area contributed by atoms with Crippen molar-refractivity contribution in [3.05, 3.63) is 52.8 Å². The van der Waals surface area contributed by atoms with Crippen molar-refractivity contribution >= 4 is 40.3 Å². The first-order valence-corrected chi connectivity index (χ1v) is 19.3. The van der Waals surface area contributed by atoms with E-state index in [0.29, 0.717) is 0 Å². The lowest BCUT2D eigenvalue weighted by Gasteiger charge is -2.38. The molecule has 5 bridgehead atoms. The maximum Gasteiger partial charge on any atom is 0.312 e. The van der Waals surface area contributed by atoms with Gasteiger partial charge in [0.1, 0.15) is 23.4 Å². The Kier molecular flexibility index (Phi) is 12.0. The molecule has 2 aromatic carbocycles. The molecule has 1 amide bonds. The number of anilines is 1. The van der Waals surface area contributed by atoms with Gasteiger partial charge in [0, 0.05) is 92.7 Å². The van der Waals surface area contributed by atoms with Crippen molar-refractivity contribution in [2.24, 2.45) is 28.8 Å². The number of ketones is 1. The molecule has 0 unspecified atom stereocenters. The summed E-state index contributed by atoms with van der Waals surface area (Å²) in [5, 5.41) is 65.6. The summed E-state index contributed by atoms with van der Waals surface area (Å²) in [5.41, 5.74) is -1.13. The van der Waals surface area contributed by atoms with Crippen LogP contribution in [0.1, 0.15) is 75.4 Å². The van der Waals surface area contributed by atoms with Gasteiger partial charge in [-0.1, -0.05) is 45.9 Å². The van der Waals surface area contributed by atoms with Crippen LogP contribution in [0.25, 0.3) is 10.8 Å². The number of aromatic hydroxyl groups is 3. The number of amides is 1. The summed E-state index contributed by atoms with van der Waals surface area (Å²) in [6.45, 7) is 6.91. The average molecular weight is 827 g/mol. The highest BCUT2D eigenvalue weighted by atomic mass is 16.7. The monoisotopic (exact) mass is 826 g/mol. The highest BCUT2D eigenvalue weighted by Crippen LogP contribution is 2.55. The molecule has 16 heteroatoms. The number of aliphatic hydroxyl groups excluding tert-OH is 2. The molecule has 9 atom stereocenters. The number of hydrogen-bond donors (Lipinski definition) is 6. The maximum atomic E-state index is 14.5. The van der Waals surface area contributed by atoms with Gasteiger partial charge in [-0.25, -0.2) is 0 Å². The van der Waals surface area contributed by atoms with Gasteiger partial charge in [0.05, 0.1) is 53.0 Å². The van der Waals surface area contributed by atoms with Crippen LogP contribution in [0, 0.1) is 30.6 Å². The van der Waals surface area contributed by atoms with Crippen LogP contribution in [0.2, 0.25) is 0 Å². The second kappa shape index (κ2) is 18.0. The van der Waals surface area contributed by atoms with Gasteiger partial charge < -0.3 is 54.7 Å². The number of phenolic OH excluding ortho intramolecular Hbond substituents is 3. The highest BCUT2D eigenvalue weighted by Gasteiger charge is 2.50. The van der Waals surface area contributed by atoms with Crippen LogP contribution in [-0.2, 0) is 23.8 Å². The Balaban J connectivity index is 1.73. The van der Waals surface area contributed by atoms with Crippen LogP contribution in [0.15, 0.2) is 41.2 Å². The number of likely N-dealkylation sites (N-methyl/N-ethyl adjacent to an activating group) is 1. The summed E-state index contributed by atoms with van der Waals surface area (Å²) < 4.78 is 57.0. The Morgan fingerprint density at radius 2 is 1.66 bits per heavy atom. The lowest BCUT2D eigenvalue weighted by atomic mass is 9.78. The molecule has 0 aromatic heterocycles. The lowest BCUT2D eigenvalue weighted by molar-refractivity contribution is -0.160. The topological polar surface area (TPSA) is 220 Å². The van der Waals surface area contributed by atoms with E-state index in [-0.39, 0.29) is 22.4 Å². The lowest BCUT2D eigenvalue weighted by Crippen LogP contribution is -2.46. The number of aliphatic hydroxyl groups is 2. The number of allylic oxidation sites excluding steroid dienone is 2. The summed E-state index contributed by atoms with van der Waals surface area (Å²) in [7, 11) is 2.69. The summed E-state index contributed by atoms with van der Waals surface area (Å²) in [5.74, 6) is -9.47. The molecule has 1 saturated heterocycles. The first-order chi connectivity index (χ1) is 29.2. The zero-order valence-corrected chi connectivity index (χ0v) is 34.9. The van der Waals surface area contributed by atoms with Gasteiger partial charge in [-0.2, -0.15) is 5.10 Å². The molecule has 6 rings (SSSR count). The van der Waals surface area contributed by atoms with E-state index >= 15 is 0 Å². The molecule has 0 aliphatic carbocycles. The van der Waals surface area contributed by atoms with Crippen molar-refractivity contribution in [3.63, 3.8) is 0 Å². The fourth-order valence-electron chi connectivity index (χ4n) is 7.58. The number of fused-ring (bicyclic) bond motifs is 14. The van der Waals surface area contributed by atoms with Crippen molar-refractivity contribution < 1.29 is 64.3 Å². The van der Waals surface area contributed by atoms with Crippen LogP contribution < -0.4 is 10.1 Å². The van der Waals surface area contributed by atoms with E-state index in [1.165, 1.54) is 60.1 Å². The van der Waals surface area contributed by atoms with Crippen LogP contribution in [0.5, 0.6) is 23.0 Å². The number of rotatable bonds is 4. The fraction of sp³-hybridized carbons (Fsp3) is 0.535. The largest absolute Gasteiger partial charge is 0.507 e. The summed E-state index contributed by atoms with van der Waals surface area (Å²) >= 11 is 0. The Labute approximate surface area is 350 Å². The van der Waals surface area contributed by atoms with Crippen molar-refractivity contribution in [1.82, 2.24) is 9.91 Å². The number of Topliss-reactive ketones (excluding diaryl/α,β-unsaturated/α-hetero) is 1. The number of hydrogen-bond acceptors (Lipinski definition) is 15. The number of carbonyl (C=O) groups excluding carboxylic acids is 3. The smallest absolute Gasteiger partial charge is 0.312 e. The number of phenols is 3. The fourth-order valence-corrected chi connectivity index (χ4v) is 7.58. The standard InChI is InChI=1S/C43H58N4O12/c1-21-12-11-13-22(2)42(55)45-33-28(20-44-47-17-15-46(9)16-18-47)37(52)30-31(38(33)53)36(51)26(6)40-32(30)41(54)43(8,59-40)57-19-14-29(56-10)23(3)39(58-27(7)48)25(5)35(50)24(4)34(21)49/h11-14,19-21,23-25,29,34-35,39,49-53H,15-18H2,1-10H3,(H,45,55)/b12-11-,19-14?,22-13-,44-20-/t21-,23+,24+,25+,29-,34-,35+,39+,43-/m0/s1/i15D2,16D2. The average Bonchev–Trinajstić information content (AvgIpc) is 3.47. The van der Waals surface area contributed by atoms with Crippen LogP contribution >= 0.6 is 0 Å². The molecule has 0 radical (unpaired) electrons. The van der Waals surface area contributed by atoms with Gasteiger partial charge in [-0.3, -0.25) is 19.4 Å². The van der Waals surface area contributed by atoms with Crippen molar-refractivity contribution in [2.45, 2.75) is 85.6 Å². The van der Waals surface area contributed by atoms with E-state index in [1.807, 2.05) is 0 Å². The second-order valence-corrected chi connectivity index (χ2v) is 15.6. The highest BCUT2D eigenvalue weighted by molar-refractivity contribution is 6.23. The SMILES string of the molecule is [2H]C1([2H])CN(/N=C\c2c3c(O)c4c(O)c(C)c5c(c4c2O)C(=O)[C@@](C)(OC=C[C@H](OC)[C@@H](C)[C@@H](OC(C)=O)[C@H](C)[C@H](O)[C@H](C)[C@@H](O)[C@@H](C)/C=C\C=C(\C)C(=O)N3)O5)CC([2H])([2H])N1C. The zero-order valence-electron chi connectivity index (χ0n) is 38.9. The number of nitrogens with one attached hydrogen (secondary N) is 1. The van der Waals surface area contributed by atoms with Gasteiger partial charge in [0.25, 0.3) is 11.7 Å². The van der Waals surface area contributed by atoms with E-state index in [0.717, 1.165) is 22.4 Å². The number of carbonyl (C=O) groups is 3. The maximum absolute atomic E-state index is 14.5. The van der Waals surface area contributed by atoms with E-state index in [4.69, 9.17) is 24.4 Å². The molecular weight excluding hydrogens is 764 g/mol. The number of hydrazone groups is 1. The third-order valence-electron chi connectivity index (χ3n) is 11.4. The molecule has 322 valence electrons. The minimum absolute atomic E-state index is 0.0325. The summed E-state index contributed by atoms with van der Waals surface area (Å²) in [6.07, 6.45) is 4.04. The predicted molar refractivity (Wildman–Crippen MR) is 220 cm³/mol. The Bertz CT molecular complexity index is 2250. The number of benzene rings is 2. The van der Waals surface area contributed by atoms with Gasteiger partial charge >= 0.3 is 11.8 Å². The minimum Gasteiger partial charge on any atom is -0.507 e. The minimum atomic E-state index is -2.20. The molecule has 1 fully saturated rings. The Morgan fingerprint density at radius 1 is 1.00 bits per heavy atom. The molecule has 16 nitrogen and oxygen atoms in total. The molecule has 0 saturated carbocycles. The van der Waals surface area contributed by atoms with E-state index in [1.54, 1.807) is 33.8 Å². The van der Waals surface area contributed by atoms with Crippen molar-refractivity contribution in [1.29, 1.82) is 0 Å². The molecule has 4 aliphatic rings. The number of esters is 1. The van der Waals surface area contributed by atoms with Gasteiger partial charge in [0.15, 0.2) is 5.75 Å². The van der Waals surface area contributed by atoms with E-state index in [9.17, 15) is 39.9 Å². The number of ether oxygens (including phenoxy) is 4. The molecule has 4 heterocycles. The second-order valence-electron chi connectivity index (χ2n) is 15.6. The van der Waals surface area contributed by atoms with Crippen molar-refractivity contribution in [2.75, 3.05) is 45.6 Å². The summed E-state index contributed by atoms with van der Waals surface area (Å²) in [4.78, 5) is 41.6. The van der Waals surface area contributed by atoms with Gasteiger partial charge in [-0.05, 0) is 27.0 Å². The quantitative estimate of drug-likeness (QED) is 0.109. The molecule has 6 N–H and O–H groups in total. The third kappa shape index (κ3) is 8.91. The number of methoxy groups -OCH3 is 1. The first kappa shape index (κ1) is 39.3. The van der Waals surface area contributed by atoms with Crippen molar-refractivity contribution in [3.8, 4) is 23.0 Å². The summed E-state index contributed by atoms with van der Waals surface area (Å²) in [6, 6.07) is 0. The molecule has 59 heavy (non-hydrogen) atoms. The number of nitrogens with zero attached hydrogens (tertiary/aromatic N) is 3. The molecule has 2 aromatic rings. The van der Waals surface area contributed by atoms with E-state index < -0.39 is 137 Å². The third-order valence-corrected chi connectivity index (χ3v) is 11.4. The van der Waals surface area contributed by atoms with Crippen LogP contribution in [-0.4, -0.2) is 130 Å². The molecular formula is C43H58N4O12. The Morgan fingerprint density at radius 3 is 2.29 bits per heavy atom. The van der Waals surface area contributed by atoms with Crippen LogP contribution in [0.4, 0.5) is 5.69 Å². The van der Waals surface area contributed by atoms with Gasteiger partial charge in [0.2, 0.25) is 0 Å². The molecule has 4 aliphatic heterocycles. The van der Waals surface area contributed by atoms with Crippen LogP contribution in [0.3, 0.4) is 0 Å². The zero-order chi connectivity index (χ0) is 47.3. The normalized spacial score (nSPS) is 34.2. The van der Waals surface area contributed by atoms with E-state index in [2.05, 4.69) is 10.4 Å². The number of piperazine rings is 1. The predicted octanol–water partition coefficient (Wildman–Crippen LogP) is 4.34.